The van der Waals surface area contributed by atoms with Crippen LogP contribution < -0.4 is 5.32 Å². The molecule has 0 saturated carbocycles. The van der Waals surface area contributed by atoms with Crippen LogP contribution in [0.15, 0.2) is 96.4 Å². The number of carbonyl (C=O) groups is 2. The second-order valence-corrected chi connectivity index (χ2v) is 11.1. The Morgan fingerprint density at radius 3 is 1.95 bits per heavy atom. The van der Waals surface area contributed by atoms with Crippen LogP contribution in [0.2, 0.25) is 0 Å². The van der Waals surface area contributed by atoms with Crippen molar-refractivity contribution in [3.8, 4) is 0 Å². The lowest BCUT2D eigenvalue weighted by molar-refractivity contribution is 0.0592. The summed E-state index contributed by atoms with van der Waals surface area (Å²) in [6.45, 7) is 7.12. The summed E-state index contributed by atoms with van der Waals surface area (Å²) in [6, 6.07) is 30.4. The van der Waals surface area contributed by atoms with Crippen LogP contribution in [0.3, 0.4) is 0 Å². The van der Waals surface area contributed by atoms with Crippen LogP contribution in [0.4, 0.5) is 10.5 Å². The molecule has 0 atom stereocenters. The number of hydrogen-bond donors (Lipinski definition) is 1. The molecule has 4 aromatic rings. The van der Waals surface area contributed by atoms with Gasteiger partial charge in [-0.3, -0.25) is 9.69 Å². The number of hydrogen-bond acceptors (Lipinski definition) is 5. The van der Waals surface area contributed by atoms with Crippen LogP contribution in [0, 0.1) is 0 Å². The van der Waals surface area contributed by atoms with E-state index in [9.17, 15) is 9.59 Å². The lowest BCUT2D eigenvalue weighted by Gasteiger charge is -2.39. The van der Waals surface area contributed by atoms with E-state index in [0.717, 1.165) is 23.8 Å². The van der Waals surface area contributed by atoms with Gasteiger partial charge in [-0.25, -0.2) is 9.78 Å². The largest absolute Gasteiger partial charge is 0.335 e. The molecule has 2 heterocycles. The van der Waals surface area contributed by atoms with Gasteiger partial charge in [-0.05, 0) is 37.1 Å². The van der Waals surface area contributed by atoms with Crippen LogP contribution in [0.1, 0.15) is 46.5 Å². The van der Waals surface area contributed by atoms with Crippen molar-refractivity contribution in [3.63, 3.8) is 0 Å². The van der Waals surface area contributed by atoms with Gasteiger partial charge in [0.2, 0.25) is 0 Å². The summed E-state index contributed by atoms with van der Waals surface area (Å²) < 4.78 is 0. The van der Waals surface area contributed by atoms with Gasteiger partial charge >= 0.3 is 6.03 Å². The molecular formula is C32H35N5O2S. The second-order valence-electron chi connectivity index (χ2n) is 10.2. The van der Waals surface area contributed by atoms with Gasteiger partial charge in [-0.2, -0.15) is 0 Å². The number of urea groups is 1. The Bertz CT molecular complexity index is 1350. The zero-order valence-electron chi connectivity index (χ0n) is 22.9. The SMILES string of the molecule is CC(C)N(Cc1nc(C(=O)N2CCN(C(c3ccccc3)c3ccccc3)CC2)cs1)C(=O)Nc1ccccc1. The fourth-order valence-corrected chi connectivity index (χ4v) is 5.83. The maximum atomic E-state index is 13.4. The van der Waals surface area contributed by atoms with Crippen molar-refractivity contribution in [1.82, 2.24) is 19.7 Å². The lowest BCUT2D eigenvalue weighted by atomic mass is 9.96. The molecular weight excluding hydrogens is 518 g/mol. The molecule has 1 aromatic heterocycles. The first kappa shape index (κ1) is 27.6. The van der Waals surface area contributed by atoms with Gasteiger partial charge in [-0.15, -0.1) is 11.3 Å². The van der Waals surface area contributed by atoms with Gasteiger partial charge in [0, 0.05) is 43.3 Å². The number of piperazine rings is 1. The number of thiazole rings is 1. The zero-order valence-corrected chi connectivity index (χ0v) is 23.8. The summed E-state index contributed by atoms with van der Waals surface area (Å²) in [5.41, 5.74) is 3.70. The van der Waals surface area contributed by atoms with Crippen molar-refractivity contribution in [3.05, 3.63) is 118 Å². The molecule has 8 heteroatoms. The number of anilines is 1. The molecule has 0 radical (unpaired) electrons. The van der Waals surface area contributed by atoms with Gasteiger partial charge in [0.15, 0.2) is 0 Å². The molecule has 0 bridgehead atoms. The number of carbonyl (C=O) groups excluding carboxylic acids is 2. The number of nitrogens with one attached hydrogen (secondary N) is 1. The average molecular weight is 554 g/mol. The van der Waals surface area contributed by atoms with Crippen molar-refractivity contribution in [2.24, 2.45) is 0 Å². The fourth-order valence-electron chi connectivity index (χ4n) is 5.06. The van der Waals surface area contributed by atoms with Crippen molar-refractivity contribution in [2.75, 3.05) is 31.5 Å². The maximum absolute atomic E-state index is 13.4. The first-order valence-electron chi connectivity index (χ1n) is 13.7. The van der Waals surface area contributed by atoms with Crippen LogP contribution in [-0.2, 0) is 6.54 Å². The van der Waals surface area contributed by atoms with Crippen molar-refractivity contribution in [1.29, 1.82) is 0 Å². The summed E-state index contributed by atoms with van der Waals surface area (Å²) in [7, 11) is 0. The molecule has 206 valence electrons. The topological polar surface area (TPSA) is 68.8 Å². The lowest BCUT2D eigenvalue weighted by Crippen LogP contribution is -2.50. The third-order valence-electron chi connectivity index (χ3n) is 7.18. The van der Waals surface area contributed by atoms with E-state index in [1.807, 2.05) is 66.6 Å². The molecule has 3 amide bonds. The quantitative estimate of drug-likeness (QED) is 0.285. The first-order valence-corrected chi connectivity index (χ1v) is 14.6. The Hall–Kier alpha value is -4.01. The Morgan fingerprint density at radius 2 is 1.40 bits per heavy atom. The maximum Gasteiger partial charge on any atom is 0.322 e. The molecule has 0 spiro atoms. The van der Waals surface area contributed by atoms with E-state index in [4.69, 9.17) is 0 Å². The van der Waals surface area contributed by atoms with Crippen molar-refractivity contribution >= 4 is 29.0 Å². The third-order valence-corrected chi connectivity index (χ3v) is 8.02. The highest BCUT2D eigenvalue weighted by Crippen LogP contribution is 2.29. The van der Waals surface area contributed by atoms with Crippen LogP contribution in [0.25, 0.3) is 0 Å². The molecule has 0 aliphatic carbocycles. The van der Waals surface area contributed by atoms with Gasteiger partial charge in [0.05, 0.1) is 12.6 Å². The monoisotopic (exact) mass is 553 g/mol. The van der Waals surface area contributed by atoms with E-state index in [0.29, 0.717) is 25.3 Å². The van der Waals surface area contributed by atoms with E-state index >= 15 is 0 Å². The van der Waals surface area contributed by atoms with Gasteiger partial charge in [0.1, 0.15) is 10.7 Å². The van der Waals surface area contributed by atoms with E-state index in [1.165, 1.54) is 22.5 Å². The van der Waals surface area contributed by atoms with E-state index < -0.39 is 0 Å². The predicted molar refractivity (Wildman–Crippen MR) is 160 cm³/mol. The minimum Gasteiger partial charge on any atom is -0.335 e. The first-order chi connectivity index (χ1) is 19.5. The molecule has 1 aliphatic heterocycles. The second kappa shape index (κ2) is 12.9. The number of nitrogens with zero attached hydrogens (tertiary/aromatic N) is 4. The highest BCUT2D eigenvalue weighted by atomic mass is 32.1. The van der Waals surface area contributed by atoms with Gasteiger partial charge in [-0.1, -0.05) is 78.9 Å². The minimum atomic E-state index is -0.188. The molecule has 1 fully saturated rings. The summed E-state index contributed by atoms with van der Waals surface area (Å²) in [5.74, 6) is -0.0528. The average Bonchev–Trinajstić information content (AvgIpc) is 3.46. The molecule has 0 unspecified atom stereocenters. The molecule has 40 heavy (non-hydrogen) atoms. The van der Waals surface area contributed by atoms with Gasteiger partial charge < -0.3 is 15.1 Å². The van der Waals surface area contributed by atoms with E-state index in [2.05, 4.69) is 63.7 Å². The standard InChI is InChI=1S/C32H35N5O2S/c1-24(2)37(32(39)33-27-16-10-5-11-17-27)22-29-34-28(23-40-29)31(38)36-20-18-35(19-21-36)30(25-12-6-3-7-13-25)26-14-8-4-9-15-26/h3-17,23-24,30H,18-22H2,1-2H3,(H,33,39). The Morgan fingerprint density at radius 1 is 0.850 bits per heavy atom. The number of aromatic nitrogens is 1. The fraction of sp³-hybridized carbons (Fsp3) is 0.281. The highest BCUT2D eigenvalue weighted by Gasteiger charge is 2.29. The molecule has 5 rings (SSSR count). The summed E-state index contributed by atoms with van der Waals surface area (Å²) in [4.78, 5) is 37.0. The molecule has 1 saturated heterocycles. The van der Waals surface area contributed by atoms with Crippen LogP contribution >= 0.6 is 11.3 Å². The van der Waals surface area contributed by atoms with Crippen molar-refractivity contribution in [2.45, 2.75) is 32.5 Å². The van der Waals surface area contributed by atoms with Crippen molar-refractivity contribution < 1.29 is 9.59 Å². The highest BCUT2D eigenvalue weighted by molar-refractivity contribution is 7.09. The summed E-state index contributed by atoms with van der Waals surface area (Å²) in [5, 5.41) is 5.50. The number of rotatable bonds is 8. The number of benzene rings is 3. The Balaban J connectivity index is 1.22. The normalized spacial score (nSPS) is 13.9. The Labute approximate surface area is 240 Å². The van der Waals surface area contributed by atoms with Crippen LogP contribution in [-0.4, -0.2) is 63.8 Å². The van der Waals surface area contributed by atoms with E-state index in [1.54, 1.807) is 4.90 Å². The molecule has 3 aromatic carbocycles. The predicted octanol–water partition coefficient (Wildman–Crippen LogP) is 6.13. The van der Waals surface area contributed by atoms with Crippen LogP contribution in [0.5, 0.6) is 0 Å². The molecule has 7 nitrogen and oxygen atoms in total. The molecule has 1 aliphatic rings. The number of para-hydroxylation sites is 1. The zero-order chi connectivity index (χ0) is 27.9. The molecule has 1 N–H and O–H groups in total. The number of amides is 3. The van der Waals surface area contributed by atoms with E-state index in [-0.39, 0.29) is 24.0 Å². The van der Waals surface area contributed by atoms with Gasteiger partial charge in [0.25, 0.3) is 5.91 Å². The summed E-state index contributed by atoms with van der Waals surface area (Å²) in [6.07, 6.45) is 0. The minimum absolute atomic E-state index is 0.0259. The Kier molecular flexibility index (Phi) is 8.88. The smallest absolute Gasteiger partial charge is 0.322 e. The summed E-state index contributed by atoms with van der Waals surface area (Å²) >= 11 is 1.42. The third kappa shape index (κ3) is 6.58.